The van der Waals surface area contributed by atoms with Crippen LogP contribution in [0.5, 0.6) is 0 Å². The van der Waals surface area contributed by atoms with Crippen LogP contribution in [0.2, 0.25) is 0 Å². The van der Waals surface area contributed by atoms with Gasteiger partial charge < -0.3 is 5.11 Å². The number of aliphatic hydroxyl groups excluding tert-OH is 1. The van der Waals surface area contributed by atoms with Crippen LogP contribution >= 0.6 is 0 Å². The van der Waals surface area contributed by atoms with E-state index in [2.05, 4.69) is 22.2 Å². The Hall–Kier alpha value is -2.46. The van der Waals surface area contributed by atoms with Crippen LogP contribution in [0.1, 0.15) is 30.2 Å². The van der Waals surface area contributed by atoms with Crippen LogP contribution in [0.25, 0.3) is 11.1 Å². The van der Waals surface area contributed by atoms with E-state index in [1.54, 1.807) is 17.1 Å². The maximum absolute atomic E-state index is 10.6. The molecule has 2 heterocycles. The molecular formula is C19H21N3O. The summed E-state index contributed by atoms with van der Waals surface area (Å²) in [5.41, 5.74) is 4.05. The summed E-state index contributed by atoms with van der Waals surface area (Å²) in [6, 6.07) is 14.2. The first-order valence-electron chi connectivity index (χ1n) is 7.90. The van der Waals surface area contributed by atoms with Crippen LogP contribution in [0.15, 0.2) is 61.1 Å². The number of aryl methyl sites for hydroxylation is 2. The molecule has 1 aromatic carbocycles. The van der Waals surface area contributed by atoms with Gasteiger partial charge in [-0.15, -0.1) is 0 Å². The van der Waals surface area contributed by atoms with Gasteiger partial charge in [0, 0.05) is 31.2 Å². The van der Waals surface area contributed by atoms with Crippen LogP contribution in [-0.4, -0.2) is 19.9 Å². The van der Waals surface area contributed by atoms with Crippen molar-refractivity contribution in [2.24, 2.45) is 7.05 Å². The summed E-state index contributed by atoms with van der Waals surface area (Å²) in [6.45, 7) is 0. The third-order valence-corrected chi connectivity index (χ3v) is 3.95. The molecule has 0 saturated carbocycles. The second-order valence-electron chi connectivity index (χ2n) is 5.73. The number of hydrogen-bond acceptors (Lipinski definition) is 3. The summed E-state index contributed by atoms with van der Waals surface area (Å²) in [5.74, 6) is 0. The Morgan fingerprint density at radius 1 is 1.09 bits per heavy atom. The minimum atomic E-state index is -0.553. The van der Waals surface area contributed by atoms with Crippen molar-refractivity contribution in [1.29, 1.82) is 0 Å². The number of nitrogens with zero attached hydrogens (tertiary/aromatic N) is 3. The van der Waals surface area contributed by atoms with Gasteiger partial charge in [0.25, 0.3) is 0 Å². The van der Waals surface area contributed by atoms with Gasteiger partial charge >= 0.3 is 0 Å². The molecule has 4 nitrogen and oxygen atoms in total. The molecule has 23 heavy (non-hydrogen) atoms. The molecule has 1 N–H and O–H groups in total. The number of aliphatic hydroxyl groups is 1. The molecule has 0 aliphatic carbocycles. The van der Waals surface area contributed by atoms with Crippen molar-refractivity contribution in [3.8, 4) is 11.1 Å². The van der Waals surface area contributed by atoms with E-state index in [1.807, 2.05) is 43.6 Å². The van der Waals surface area contributed by atoms with Crippen LogP contribution in [0, 0.1) is 0 Å². The Labute approximate surface area is 136 Å². The van der Waals surface area contributed by atoms with Crippen molar-refractivity contribution in [3.63, 3.8) is 0 Å². The molecule has 0 amide bonds. The van der Waals surface area contributed by atoms with Gasteiger partial charge in [-0.05, 0) is 42.5 Å². The van der Waals surface area contributed by atoms with Gasteiger partial charge in [0.2, 0.25) is 0 Å². The fourth-order valence-corrected chi connectivity index (χ4v) is 2.79. The van der Waals surface area contributed by atoms with Gasteiger partial charge in [-0.1, -0.05) is 30.3 Å². The monoisotopic (exact) mass is 307 g/mol. The maximum atomic E-state index is 10.6. The van der Waals surface area contributed by atoms with Gasteiger partial charge in [0.1, 0.15) is 0 Å². The quantitative estimate of drug-likeness (QED) is 0.758. The highest BCUT2D eigenvalue weighted by atomic mass is 16.3. The lowest BCUT2D eigenvalue weighted by Crippen LogP contribution is -2.02. The third-order valence-electron chi connectivity index (χ3n) is 3.95. The normalized spacial score (nSPS) is 12.3. The number of pyridine rings is 1. The Morgan fingerprint density at radius 3 is 2.57 bits per heavy atom. The summed E-state index contributed by atoms with van der Waals surface area (Å²) >= 11 is 0. The van der Waals surface area contributed by atoms with Crippen LogP contribution in [0.3, 0.4) is 0 Å². The Kier molecular flexibility index (Phi) is 4.83. The van der Waals surface area contributed by atoms with Gasteiger partial charge in [0.15, 0.2) is 0 Å². The minimum Gasteiger partial charge on any atom is -0.387 e. The van der Waals surface area contributed by atoms with Crippen molar-refractivity contribution < 1.29 is 5.11 Å². The van der Waals surface area contributed by atoms with E-state index in [0.29, 0.717) is 6.42 Å². The van der Waals surface area contributed by atoms with Crippen molar-refractivity contribution in [3.05, 3.63) is 72.3 Å². The molecule has 1 atom stereocenters. The molecule has 0 bridgehead atoms. The van der Waals surface area contributed by atoms with Crippen LogP contribution < -0.4 is 0 Å². The molecule has 1 unspecified atom stereocenters. The highest BCUT2D eigenvalue weighted by Crippen LogP contribution is 2.29. The molecule has 0 fully saturated rings. The fourth-order valence-electron chi connectivity index (χ4n) is 2.79. The second-order valence-corrected chi connectivity index (χ2v) is 5.73. The fraction of sp³-hybridized carbons (Fsp3) is 0.263. The summed E-state index contributed by atoms with van der Waals surface area (Å²) in [4.78, 5) is 4.05. The van der Waals surface area contributed by atoms with Crippen molar-refractivity contribution in [2.75, 3.05) is 0 Å². The van der Waals surface area contributed by atoms with Crippen molar-refractivity contribution >= 4 is 0 Å². The Morgan fingerprint density at radius 2 is 1.83 bits per heavy atom. The molecule has 4 heteroatoms. The number of hydrogen-bond donors (Lipinski definition) is 1. The first-order chi connectivity index (χ1) is 11.2. The van der Waals surface area contributed by atoms with Gasteiger partial charge in [-0.3, -0.25) is 9.67 Å². The topological polar surface area (TPSA) is 50.9 Å². The lowest BCUT2D eigenvalue weighted by Gasteiger charge is -2.10. The van der Waals surface area contributed by atoms with E-state index in [4.69, 9.17) is 0 Å². The van der Waals surface area contributed by atoms with E-state index >= 15 is 0 Å². The maximum Gasteiger partial charge on any atom is 0.0988 e. The van der Waals surface area contributed by atoms with E-state index in [9.17, 15) is 5.11 Å². The highest BCUT2D eigenvalue weighted by Gasteiger charge is 2.17. The second kappa shape index (κ2) is 7.20. The predicted molar refractivity (Wildman–Crippen MR) is 90.8 cm³/mol. The predicted octanol–water partition coefficient (Wildman–Crippen LogP) is 3.54. The largest absolute Gasteiger partial charge is 0.387 e. The van der Waals surface area contributed by atoms with E-state index in [0.717, 1.165) is 29.7 Å². The number of benzene rings is 1. The standard InChI is InChI=1S/C19H21N3O/c1-22-14-17(16-10-12-20-13-11-16)19(21-22)18(23)9-5-8-15-6-3-2-4-7-15/h2-4,6-7,10-14,18,23H,5,8-9H2,1H3. The molecule has 0 aliphatic heterocycles. The van der Waals surface area contributed by atoms with E-state index in [-0.39, 0.29) is 0 Å². The third kappa shape index (κ3) is 3.85. The Bertz CT molecular complexity index is 738. The number of rotatable bonds is 6. The van der Waals surface area contributed by atoms with Crippen LogP contribution in [0.4, 0.5) is 0 Å². The molecule has 3 rings (SSSR count). The zero-order valence-corrected chi connectivity index (χ0v) is 13.3. The average molecular weight is 307 g/mol. The van der Waals surface area contributed by atoms with Crippen LogP contribution in [-0.2, 0) is 13.5 Å². The first kappa shape index (κ1) is 15.4. The first-order valence-corrected chi connectivity index (χ1v) is 7.90. The van der Waals surface area contributed by atoms with Gasteiger partial charge in [-0.25, -0.2) is 0 Å². The average Bonchev–Trinajstić information content (AvgIpc) is 2.98. The smallest absolute Gasteiger partial charge is 0.0988 e. The van der Waals surface area contributed by atoms with E-state index < -0.39 is 6.10 Å². The van der Waals surface area contributed by atoms with Crippen molar-refractivity contribution in [2.45, 2.75) is 25.4 Å². The lowest BCUT2D eigenvalue weighted by molar-refractivity contribution is 0.160. The summed E-state index contributed by atoms with van der Waals surface area (Å²) in [5, 5.41) is 15.0. The molecule has 3 aromatic rings. The zero-order chi connectivity index (χ0) is 16.1. The van der Waals surface area contributed by atoms with Gasteiger partial charge in [0.05, 0.1) is 11.8 Å². The SMILES string of the molecule is Cn1cc(-c2ccncc2)c(C(O)CCCc2ccccc2)n1. The van der Waals surface area contributed by atoms with E-state index in [1.165, 1.54) is 5.56 Å². The summed E-state index contributed by atoms with van der Waals surface area (Å²) in [7, 11) is 1.88. The summed E-state index contributed by atoms with van der Waals surface area (Å²) < 4.78 is 1.76. The molecule has 0 radical (unpaired) electrons. The molecule has 0 saturated heterocycles. The van der Waals surface area contributed by atoms with Crippen molar-refractivity contribution in [1.82, 2.24) is 14.8 Å². The summed E-state index contributed by atoms with van der Waals surface area (Å²) in [6.07, 6.45) is 7.51. The highest BCUT2D eigenvalue weighted by molar-refractivity contribution is 5.65. The Balaban J connectivity index is 1.69. The molecule has 118 valence electrons. The van der Waals surface area contributed by atoms with Gasteiger partial charge in [-0.2, -0.15) is 5.10 Å². The molecule has 2 aromatic heterocycles. The lowest BCUT2D eigenvalue weighted by atomic mass is 10.00. The minimum absolute atomic E-state index is 0.553. The zero-order valence-electron chi connectivity index (χ0n) is 13.3. The number of aromatic nitrogens is 3. The molecule has 0 aliphatic rings. The molecular weight excluding hydrogens is 286 g/mol. The molecule has 0 spiro atoms.